The van der Waals surface area contributed by atoms with E-state index in [-0.39, 0.29) is 5.91 Å². The predicted molar refractivity (Wildman–Crippen MR) is 82.9 cm³/mol. The minimum absolute atomic E-state index is 0.0658. The number of amides is 1. The fourth-order valence-electron chi connectivity index (χ4n) is 1.77. The highest BCUT2D eigenvalue weighted by molar-refractivity contribution is 8.14. The van der Waals surface area contributed by atoms with Gasteiger partial charge in [-0.25, -0.2) is 0 Å². The van der Waals surface area contributed by atoms with Crippen LogP contribution in [-0.2, 0) is 4.79 Å². The summed E-state index contributed by atoms with van der Waals surface area (Å²) in [5.41, 5.74) is 1.74. The number of amidine groups is 1. The molecule has 2 atom stereocenters. The van der Waals surface area contributed by atoms with Crippen molar-refractivity contribution in [2.24, 2.45) is 10.9 Å². The molecule has 0 aliphatic carbocycles. The Kier molecular flexibility index (Phi) is 4.47. The summed E-state index contributed by atoms with van der Waals surface area (Å²) in [4.78, 5) is 15.7. The number of carbonyl (C=O) groups excluding carboxylic acids is 1. The SMILES string of the molecule is CC(=O)Nc1cccc(NC2=NC(C)C(C)CS2)c1. The molecule has 0 saturated heterocycles. The van der Waals surface area contributed by atoms with Crippen molar-refractivity contribution in [3.05, 3.63) is 24.3 Å². The Hall–Kier alpha value is -1.49. The monoisotopic (exact) mass is 277 g/mol. The molecule has 2 unspecified atom stereocenters. The van der Waals surface area contributed by atoms with Crippen LogP contribution in [0.5, 0.6) is 0 Å². The van der Waals surface area contributed by atoms with E-state index in [1.165, 1.54) is 6.92 Å². The van der Waals surface area contributed by atoms with Gasteiger partial charge in [0.25, 0.3) is 0 Å². The average molecular weight is 277 g/mol. The van der Waals surface area contributed by atoms with Gasteiger partial charge < -0.3 is 10.6 Å². The quantitative estimate of drug-likeness (QED) is 0.873. The summed E-state index contributed by atoms with van der Waals surface area (Å²) in [6.45, 7) is 5.86. The highest BCUT2D eigenvalue weighted by atomic mass is 32.2. The zero-order valence-electron chi connectivity index (χ0n) is 11.4. The van der Waals surface area contributed by atoms with Gasteiger partial charge in [0.2, 0.25) is 5.91 Å². The summed E-state index contributed by atoms with van der Waals surface area (Å²) in [6, 6.07) is 8.01. The second kappa shape index (κ2) is 6.10. The van der Waals surface area contributed by atoms with Gasteiger partial charge in [-0.1, -0.05) is 24.8 Å². The molecular formula is C14H19N3OS. The number of anilines is 2. The van der Waals surface area contributed by atoms with E-state index in [1.54, 1.807) is 11.8 Å². The summed E-state index contributed by atoms with van der Waals surface area (Å²) in [5, 5.41) is 7.03. The Morgan fingerprint density at radius 3 is 2.79 bits per heavy atom. The Morgan fingerprint density at radius 1 is 1.37 bits per heavy atom. The Bertz CT molecular complexity index is 501. The maximum absolute atomic E-state index is 11.0. The first-order valence-corrected chi connectivity index (χ1v) is 7.38. The third-order valence-electron chi connectivity index (χ3n) is 3.06. The molecule has 1 aliphatic heterocycles. The summed E-state index contributed by atoms with van der Waals surface area (Å²) in [5.74, 6) is 1.63. The molecule has 0 spiro atoms. The number of hydrogen-bond donors (Lipinski definition) is 2. The van der Waals surface area contributed by atoms with Crippen molar-refractivity contribution in [2.75, 3.05) is 16.4 Å². The van der Waals surface area contributed by atoms with Crippen LogP contribution in [0.1, 0.15) is 20.8 Å². The topological polar surface area (TPSA) is 53.5 Å². The maximum atomic E-state index is 11.0. The van der Waals surface area contributed by atoms with Gasteiger partial charge in [0.05, 0.1) is 6.04 Å². The van der Waals surface area contributed by atoms with E-state index < -0.39 is 0 Å². The molecule has 1 aromatic rings. The smallest absolute Gasteiger partial charge is 0.221 e. The molecule has 2 rings (SSSR count). The maximum Gasteiger partial charge on any atom is 0.221 e. The van der Waals surface area contributed by atoms with Gasteiger partial charge in [-0.2, -0.15) is 0 Å². The number of hydrogen-bond acceptors (Lipinski definition) is 4. The number of nitrogens with one attached hydrogen (secondary N) is 2. The second-order valence-electron chi connectivity index (χ2n) is 4.85. The Morgan fingerprint density at radius 2 is 2.11 bits per heavy atom. The molecule has 5 heteroatoms. The van der Waals surface area contributed by atoms with Crippen LogP contribution in [0.15, 0.2) is 29.3 Å². The van der Waals surface area contributed by atoms with E-state index in [9.17, 15) is 4.79 Å². The van der Waals surface area contributed by atoms with Crippen molar-refractivity contribution in [3.63, 3.8) is 0 Å². The van der Waals surface area contributed by atoms with Crippen molar-refractivity contribution < 1.29 is 4.79 Å². The lowest BCUT2D eigenvalue weighted by Gasteiger charge is -2.23. The summed E-state index contributed by atoms with van der Waals surface area (Å²) >= 11 is 1.74. The number of thioether (sulfide) groups is 1. The molecule has 0 radical (unpaired) electrons. The molecular weight excluding hydrogens is 258 g/mol. The molecule has 1 amide bonds. The number of carbonyl (C=O) groups is 1. The van der Waals surface area contributed by atoms with Crippen LogP contribution in [-0.4, -0.2) is 22.9 Å². The highest BCUT2D eigenvalue weighted by Crippen LogP contribution is 2.24. The van der Waals surface area contributed by atoms with Gasteiger partial charge in [0, 0.05) is 24.1 Å². The predicted octanol–water partition coefficient (Wildman–Crippen LogP) is 3.18. The lowest BCUT2D eigenvalue weighted by molar-refractivity contribution is -0.114. The second-order valence-corrected chi connectivity index (χ2v) is 5.86. The summed E-state index contributed by atoms with van der Waals surface area (Å²) in [6.07, 6.45) is 0. The van der Waals surface area contributed by atoms with Crippen LogP contribution in [0.25, 0.3) is 0 Å². The number of rotatable bonds is 2. The Labute approximate surface area is 118 Å². The molecule has 1 aliphatic rings. The molecule has 4 nitrogen and oxygen atoms in total. The average Bonchev–Trinajstić information content (AvgIpc) is 2.33. The third-order valence-corrected chi connectivity index (χ3v) is 4.23. The van der Waals surface area contributed by atoms with Crippen molar-refractivity contribution in [1.29, 1.82) is 0 Å². The normalized spacial score (nSPS) is 22.6. The van der Waals surface area contributed by atoms with Crippen LogP contribution in [0, 0.1) is 5.92 Å². The molecule has 19 heavy (non-hydrogen) atoms. The Balaban J connectivity index is 2.07. The number of aliphatic imine (C=N–C) groups is 1. The lowest BCUT2D eigenvalue weighted by atomic mass is 10.1. The van der Waals surface area contributed by atoms with Gasteiger partial charge in [-0.15, -0.1) is 0 Å². The van der Waals surface area contributed by atoms with E-state index in [0.717, 1.165) is 22.3 Å². The highest BCUT2D eigenvalue weighted by Gasteiger charge is 2.19. The first-order valence-electron chi connectivity index (χ1n) is 6.40. The van der Waals surface area contributed by atoms with Crippen LogP contribution in [0.4, 0.5) is 11.4 Å². The fraction of sp³-hybridized carbons (Fsp3) is 0.429. The zero-order chi connectivity index (χ0) is 13.8. The van der Waals surface area contributed by atoms with Crippen LogP contribution >= 0.6 is 11.8 Å². The first-order chi connectivity index (χ1) is 9.04. The largest absolute Gasteiger partial charge is 0.335 e. The third kappa shape index (κ3) is 3.99. The number of benzene rings is 1. The molecule has 0 bridgehead atoms. The van der Waals surface area contributed by atoms with Gasteiger partial charge in [0.1, 0.15) is 0 Å². The summed E-state index contributed by atoms with van der Waals surface area (Å²) < 4.78 is 0. The first kappa shape index (κ1) is 13.9. The standard InChI is InChI=1S/C14H19N3OS/c1-9-8-19-14(15-10(9)2)17-13-6-4-5-12(7-13)16-11(3)18/h4-7,9-10H,8H2,1-3H3,(H,15,17)(H,16,18). The lowest BCUT2D eigenvalue weighted by Crippen LogP contribution is -2.25. The van der Waals surface area contributed by atoms with Gasteiger partial charge >= 0.3 is 0 Å². The van der Waals surface area contributed by atoms with E-state index in [2.05, 4.69) is 29.5 Å². The zero-order valence-corrected chi connectivity index (χ0v) is 12.3. The number of nitrogens with zero attached hydrogens (tertiary/aromatic N) is 1. The van der Waals surface area contributed by atoms with Crippen LogP contribution in [0.2, 0.25) is 0 Å². The molecule has 0 fully saturated rings. The van der Waals surface area contributed by atoms with Gasteiger partial charge in [-0.3, -0.25) is 9.79 Å². The minimum atomic E-state index is -0.0658. The molecule has 2 N–H and O–H groups in total. The van der Waals surface area contributed by atoms with Crippen molar-refractivity contribution >= 4 is 34.2 Å². The van der Waals surface area contributed by atoms with E-state index in [1.807, 2.05) is 24.3 Å². The van der Waals surface area contributed by atoms with Crippen molar-refractivity contribution in [1.82, 2.24) is 0 Å². The van der Waals surface area contributed by atoms with Crippen molar-refractivity contribution in [2.45, 2.75) is 26.8 Å². The van der Waals surface area contributed by atoms with E-state index in [4.69, 9.17) is 0 Å². The molecule has 0 aromatic heterocycles. The minimum Gasteiger partial charge on any atom is -0.335 e. The van der Waals surface area contributed by atoms with E-state index >= 15 is 0 Å². The van der Waals surface area contributed by atoms with Crippen LogP contribution in [0.3, 0.4) is 0 Å². The van der Waals surface area contributed by atoms with Crippen molar-refractivity contribution in [3.8, 4) is 0 Å². The fourth-order valence-corrected chi connectivity index (χ4v) is 2.90. The molecule has 1 aromatic carbocycles. The van der Waals surface area contributed by atoms with Gasteiger partial charge in [-0.05, 0) is 31.0 Å². The van der Waals surface area contributed by atoms with E-state index in [0.29, 0.717) is 12.0 Å². The summed E-state index contributed by atoms with van der Waals surface area (Å²) in [7, 11) is 0. The molecule has 1 heterocycles. The van der Waals surface area contributed by atoms with Gasteiger partial charge in [0.15, 0.2) is 5.17 Å². The van der Waals surface area contributed by atoms with Crippen LogP contribution < -0.4 is 10.6 Å². The molecule has 0 saturated carbocycles. The molecule has 102 valence electrons.